The lowest BCUT2D eigenvalue weighted by Gasteiger charge is -2.28. The quantitative estimate of drug-likeness (QED) is 0.714. The van der Waals surface area contributed by atoms with Crippen molar-refractivity contribution in [2.24, 2.45) is 0 Å². The fourth-order valence-corrected chi connectivity index (χ4v) is 2.94. The van der Waals surface area contributed by atoms with E-state index in [1.165, 1.54) is 0 Å². The molecule has 7 heteroatoms. The van der Waals surface area contributed by atoms with E-state index in [0.29, 0.717) is 43.2 Å². The number of carbonyl (C=O) groups excluding carboxylic acids is 1. The maximum atomic E-state index is 12.4. The van der Waals surface area contributed by atoms with E-state index < -0.39 is 12.1 Å². The summed E-state index contributed by atoms with van der Waals surface area (Å²) >= 11 is 0. The van der Waals surface area contributed by atoms with Crippen LogP contribution in [0.2, 0.25) is 0 Å². The van der Waals surface area contributed by atoms with E-state index in [2.05, 4.69) is 0 Å². The molecular formula is C21H23NO6. The van der Waals surface area contributed by atoms with E-state index >= 15 is 0 Å². The lowest BCUT2D eigenvalue weighted by Crippen LogP contribution is -2.40. The molecule has 0 aromatic heterocycles. The predicted octanol–water partition coefficient (Wildman–Crippen LogP) is 2.59. The van der Waals surface area contributed by atoms with Crippen LogP contribution >= 0.6 is 0 Å². The Labute approximate surface area is 163 Å². The number of carbonyl (C=O) groups is 2. The highest BCUT2D eigenvalue weighted by molar-refractivity contribution is 5.97. The maximum absolute atomic E-state index is 12.4. The first-order valence-corrected chi connectivity index (χ1v) is 9.15. The van der Waals surface area contributed by atoms with Gasteiger partial charge in [-0.25, -0.2) is 4.79 Å². The number of carboxylic acids is 1. The third-order valence-corrected chi connectivity index (χ3v) is 4.40. The Balaban J connectivity index is 1.49. The number of hydrogen-bond donors (Lipinski definition) is 1. The molecule has 1 aliphatic heterocycles. The first-order chi connectivity index (χ1) is 13.6. The molecule has 0 bridgehead atoms. The van der Waals surface area contributed by atoms with Crippen molar-refractivity contribution < 1.29 is 28.9 Å². The van der Waals surface area contributed by atoms with Crippen molar-refractivity contribution in [1.29, 1.82) is 0 Å². The van der Waals surface area contributed by atoms with Crippen LogP contribution in [0, 0.1) is 0 Å². The fraction of sp³-hybridized carbons (Fsp3) is 0.333. The summed E-state index contributed by atoms with van der Waals surface area (Å²) in [5.41, 5.74) is 1.41. The molecule has 0 unspecified atom stereocenters. The van der Waals surface area contributed by atoms with Gasteiger partial charge in [0.2, 0.25) is 0 Å². The summed E-state index contributed by atoms with van der Waals surface area (Å²) in [5.74, 6) is 0.207. The van der Waals surface area contributed by atoms with Gasteiger partial charge in [0.05, 0.1) is 12.1 Å². The van der Waals surface area contributed by atoms with Gasteiger partial charge in [0.25, 0.3) is 5.91 Å². The molecule has 1 N–H and O–H groups in total. The molecule has 0 radical (unpaired) electrons. The molecule has 28 heavy (non-hydrogen) atoms. The van der Waals surface area contributed by atoms with Gasteiger partial charge in [0.15, 0.2) is 12.8 Å². The van der Waals surface area contributed by atoms with Crippen LogP contribution in [0.1, 0.15) is 22.8 Å². The van der Waals surface area contributed by atoms with E-state index in [0.717, 1.165) is 5.56 Å². The van der Waals surface area contributed by atoms with Crippen molar-refractivity contribution in [2.45, 2.75) is 19.4 Å². The Morgan fingerprint density at radius 3 is 2.68 bits per heavy atom. The number of rotatable bonds is 9. The summed E-state index contributed by atoms with van der Waals surface area (Å²) in [6.07, 6.45) is -0.563. The second kappa shape index (κ2) is 9.23. The van der Waals surface area contributed by atoms with Crippen molar-refractivity contribution in [3.8, 4) is 11.5 Å². The molecule has 0 spiro atoms. The van der Waals surface area contributed by atoms with E-state index in [9.17, 15) is 9.59 Å². The molecule has 0 aliphatic carbocycles. The van der Waals surface area contributed by atoms with Crippen molar-refractivity contribution in [3.05, 3.63) is 59.7 Å². The minimum absolute atomic E-state index is 0.0727. The van der Waals surface area contributed by atoms with Crippen molar-refractivity contribution in [2.75, 3.05) is 26.5 Å². The number of carboxylic acid groups (broad SMARTS) is 1. The molecule has 0 fully saturated rings. The first-order valence-electron chi connectivity index (χ1n) is 9.15. The minimum atomic E-state index is -0.975. The Morgan fingerprint density at radius 1 is 1.21 bits per heavy atom. The normalized spacial score (nSPS) is 14.2. The SMILES string of the molecule is CCO[C@@H](Cc1ccc(OCCN2COc3ccccc3C2=O)cc1)C(=O)O. The number of nitrogens with zero attached hydrogens (tertiary/aromatic N) is 1. The standard InChI is InChI=1S/C21H23NO6/c1-2-26-19(21(24)25)13-15-7-9-16(10-8-15)27-12-11-22-14-28-18-6-4-3-5-17(18)20(22)23/h3-10,19H,2,11-14H2,1H3,(H,24,25)/t19-/m0/s1. The van der Waals surface area contributed by atoms with Gasteiger partial charge in [-0.3, -0.25) is 4.79 Å². The van der Waals surface area contributed by atoms with Gasteiger partial charge in [-0.15, -0.1) is 0 Å². The largest absolute Gasteiger partial charge is 0.492 e. The zero-order valence-electron chi connectivity index (χ0n) is 15.7. The number of hydrogen-bond acceptors (Lipinski definition) is 5. The third-order valence-electron chi connectivity index (χ3n) is 4.40. The highest BCUT2D eigenvalue weighted by Gasteiger charge is 2.24. The average molecular weight is 385 g/mol. The molecule has 0 saturated heterocycles. The van der Waals surface area contributed by atoms with Crippen LogP contribution in [0.5, 0.6) is 11.5 Å². The van der Waals surface area contributed by atoms with E-state index in [-0.39, 0.29) is 12.6 Å². The number of amides is 1. The lowest BCUT2D eigenvalue weighted by atomic mass is 10.1. The van der Waals surface area contributed by atoms with Crippen molar-refractivity contribution >= 4 is 11.9 Å². The van der Waals surface area contributed by atoms with Crippen LogP contribution in [-0.4, -0.2) is 54.5 Å². The van der Waals surface area contributed by atoms with Crippen molar-refractivity contribution in [1.82, 2.24) is 4.90 Å². The fourth-order valence-electron chi connectivity index (χ4n) is 2.94. The zero-order valence-corrected chi connectivity index (χ0v) is 15.7. The van der Waals surface area contributed by atoms with Crippen LogP contribution < -0.4 is 9.47 Å². The zero-order chi connectivity index (χ0) is 19.9. The highest BCUT2D eigenvalue weighted by atomic mass is 16.5. The summed E-state index contributed by atoms with van der Waals surface area (Å²) in [6.45, 7) is 3.05. The van der Waals surface area contributed by atoms with Crippen LogP contribution in [0.4, 0.5) is 0 Å². The summed E-state index contributed by atoms with van der Waals surface area (Å²) in [6, 6.07) is 14.4. The van der Waals surface area contributed by atoms with Gasteiger partial charge in [0.1, 0.15) is 18.1 Å². The molecule has 7 nitrogen and oxygen atoms in total. The summed E-state index contributed by atoms with van der Waals surface area (Å²) in [5, 5.41) is 9.15. The first kappa shape index (κ1) is 19.7. The Hall–Kier alpha value is -3.06. The van der Waals surface area contributed by atoms with Gasteiger partial charge in [-0.1, -0.05) is 24.3 Å². The highest BCUT2D eigenvalue weighted by Crippen LogP contribution is 2.24. The van der Waals surface area contributed by atoms with Crippen molar-refractivity contribution in [3.63, 3.8) is 0 Å². The second-order valence-corrected chi connectivity index (χ2v) is 6.32. The van der Waals surface area contributed by atoms with Crippen LogP contribution in [0.15, 0.2) is 48.5 Å². The Bertz CT molecular complexity index is 820. The smallest absolute Gasteiger partial charge is 0.333 e. The number of para-hydroxylation sites is 1. The molecule has 0 saturated carbocycles. The molecule has 1 heterocycles. The van der Waals surface area contributed by atoms with E-state index in [1.807, 2.05) is 24.3 Å². The number of ether oxygens (including phenoxy) is 3. The molecule has 148 valence electrons. The maximum Gasteiger partial charge on any atom is 0.333 e. The van der Waals surface area contributed by atoms with Crippen LogP contribution in [0.3, 0.4) is 0 Å². The number of aliphatic carboxylic acids is 1. The molecule has 2 aromatic carbocycles. The second-order valence-electron chi connectivity index (χ2n) is 6.32. The lowest BCUT2D eigenvalue weighted by molar-refractivity contribution is -0.149. The topological polar surface area (TPSA) is 85.3 Å². The number of fused-ring (bicyclic) bond motifs is 1. The molecule has 1 atom stereocenters. The van der Waals surface area contributed by atoms with E-state index in [4.69, 9.17) is 19.3 Å². The van der Waals surface area contributed by atoms with Gasteiger partial charge in [0, 0.05) is 13.0 Å². The average Bonchev–Trinajstić information content (AvgIpc) is 2.70. The molecular weight excluding hydrogens is 362 g/mol. The summed E-state index contributed by atoms with van der Waals surface area (Å²) in [7, 11) is 0. The van der Waals surface area contributed by atoms with Gasteiger partial charge in [-0.05, 0) is 36.8 Å². The van der Waals surface area contributed by atoms with Crippen LogP contribution in [-0.2, 0) is 16.0 Å². The molecule has 1 aliphatic rings. The predicted molar refractivity (Wildman–Crippen MR) is 102 cm³/mol. The van der Waals surface area contributed by atoms with Crippen LogP contribution in [0.25, 0.3) is 0 Å². The van der Waals surface area contributed by atoms with Gasteiger partial charge >= 0.3 is 5.97 Å². The Morgan fingerprint density at radius 2 is 1.96 bits per heavy atom. The minimum Gasteiger partial charge on any atom is -0.492 e. The van der Waals surface area contributed by atoms with E-state index in [1.54, 1.807) is 36.1 Å². The molecule has 1 amide bonds. The molecule has 2 aromatic rings. The summed E-state index contributed by atoms with van der Waals surface area (Å²) in [4.78, 5) is 25.2. The third kappa shape index (κ3) is 4.80. The molecule has 3 rings (SSSR count). The monoisotopic (exact) mass is 385 g/mol. The summed E-state index contributed by atoms with van der Waals surface area (Å²) < 4.78 is 16.5. The Kier molecular flexibility index (Phi) is 6.49. The van der Waals surface area contributed by atoms with Gasteiger partial charge < -0.3 is 24.2 Å². The number of benzene rings is 2. The van der Waals surface area contributed by atoms with Gasteiger partial charge in [-0.2, -0.15) is 0 Å².